The van der Waals surface area contributed by atoms with Gasteiger partial charge in [0.05, 0.1) is 12.7 Å². The molecule has 0 bridgehead atoms. The van der Waals surface area contributed by atoms with Crippen LogP contribution in [-0.2, 0) is 11.3 Å². The Morgan fingerprint density at radius 2 is 2.41 bits per heavy atom. The molecule has 0 spiro atoms. The number of aryl methyl sites for hydroxylation is 1. The molecule has 1 atom stereocenters. The molecule has 1 saturated carbocycles. The maximum absolute atomic E-state index is 11.6. The van der Waals surface area contributed by atoms with Crippen molar-refractivity contribution in [2.24, 2.45) is 5.92 Å². The molecule has 1 aliphatic rings. The van der Waals surface area contributed by atoms with Crippen molar-refractivity contribution in [1.82, 2.24) is 15.1 Å². The van der Waals surface area contributed by atoms with Crippen LogP contribution in [0.5, 0.6) is 0 Å². The highest BCUT2D eigenvalue weighted by atomic mass is 16.4. The first-order valence-corrected chi connectivity index (χ1v) is 6.06. The molecule has 1 aromatic rings. The lowest BCUT2D eigenvalue weighted by Crippen LogP contribution is -2.57. The fourth-order valence-electron chi connectivity index (χ4n) is 2.35. The van der Waals surface area contributed by atoms with E-state index in [0.717, 1.165) is 18.4 Å². The van der Waals surface area contributed by atoms with Gasteiger partial charge < -0.3 is 10.4 Å². The Balaban J connectivity index is 2.22. The van der Waals surface area contributed by atoms with Crippen LogP contribution in [0.25, 0.3) is 0 Å². The van der Waals surface area contributed by atoms with E-state index in [2.05, 4.69) is 10.4 Å². The SMILES string of the molecule is CCNC(Cn1cc(C)cn1)(C(=O)O)C1CC1. The zero-order valence-corrected chi connectivity index (χ0v) is 10.3. The van der Waals surface area contributed by atoms with E-state index in [1.807, 2.05) is 20.0 Å². The summed E-state index contributed by atoms with van der Waals surface area (Å²) in [6.07, 6.45) is 5.61. The Hall–Kier alpha value is -1.36. The lowest BCUT2D eigenvalue weighted by atomic mass is 9.93. The average Bonchev–Trinajstić information content (AvgIpc) is 3.03. The summed E-state index contributed by atoms with van der Waals surface area (Å²) in [6.45, 7) is 4.95. The Kier molecular flexibility index (Phi) is 3.19. The fourth-order valence-corrected chi connectivity index (χ4v) is 2.35. The van der Waals surface area contributed by atoms with Gasteiger partial charge in [0.15, 0.2) is 0 Å². The number of carboxylic acids is 1. The van der Waals surface area contributed by atoms with E-state index in [1.54, 1.807) is 10.9 Å². The highest BCUT2D eigenvalue weighted by molar-refractivity contribution is 5.79. The van der Waals surface area contributed by atoms with Crippen molar-refractivity contribution in [3.05, 3.63) is 18.0 Å². The number of nitrogens with zero attached hydrogens (tertiary/aromatic N) is 2. The number of aliphatic carboxylic acids is 1. The third-order valence-corrected chi connectivity index (χ3v) is 3.32. The van der Waals surface area contributed by atoms with Gasteiger partial charge in [-0.05, 0) is 37.8 Å². The zero-order valence-electron chi connectivity index (χ0n) is 10.3. The summed E-state index contributed by atoms with van der Waals surface area (Å²) in [7, 11) is 0. The summed E-state index contributed by atoms with van der Waals surface area (Å²) in [5.74, 6) is -0.542. The molecule has 2 N–H and O–H groups in total. The molecule has 1 fully saturated rings. The molecule has 2 rings (SSSR count). The van der Waals surface area contributed by atoms with Gasteiger partial charge in [-0.2, -0.15) is 5.10 Å². The molecule has 0 aliphatic heterocycles. The number of carboxylic acid groups (broad SMARTS) is 1. The minimum Gasteiger partial charge on any atom is -0.480 e. The molecule has 0 amide bonds. The molecule has 1 heterocycles. The Labute approximate surface area is 101 Å². The number of rotatable bonds is 6. The van der Waals surface area contributed by atoms with Crippen LogP contribution in [0.1, 0.15) is 25.3 Å². The molecule has 5 nitrogen and oxygen atoms in total. The Morgan fingerprint density at radius 3 is 2.82 bits per heavy atom. The van der Waals surface area contributed by atoms with Crippen LogP contribution in [-0.4, -0.2) is 32.9 Å². The van der Waals surface area contributed by atoms with E-state index in [4.69, 9.17) is 0 Å². The molecular formula is C12H19N3O2. The third-order valence-electron chi connectivity index (χ3n) is 3.32. The number of hydrogen-bond acceptors (Lipinski definition) is 3. The molecule has 1 aromatic heterocycles. The van der Waals surface area contributed by atoms with Crippen molar-refractivity contribution >= 4 is 5.97 Å². The number of carbonyl (C=O) groups is 1. The first-order chi connectivity index (χ1) is 8.08. The fraction of sp³-hybridized carbons (Fsp3) is 0.667. The summed E-state index contributed by atoms with van der Waals surface area (Å²) in [6, 6.07) is 0. The topological polar surface area (TPSA) is 67.2 Å². The van der Waals surface area contributed by atoms with Gasteiger partial charge in [0.2, 0.25) is 0 Å². The van der Waals surface area contributed by atoms with Gasteiger partial charge in [0, 0.05) is 6.20 Å². The lowest BCUT2D eigenvalue weighted by molar-refractivity contribution is -0.146. The van der Waals surface area contributed by atoms with Crippen LogP contribution < -0.4 is 5.32 Å². The molecule has 1 aliphatic carbocycles. The smallest absolute Gasteiger partial charge is 0.326 e. The predicted molar refractivity (Wildman–Crippen MR) is 63.7 cm³/mol. The van der Waals surface area contributed by atoms with E-state index in [0.29, 0.717) is 13.1 Å². The number of nitrogens with one attached hydrogen (secondary N) is 1. The lowest BCUT2D eigenvalue weighted by Gasteiger charge is -2.30. The van der Waals surface area contributed by atoms with Crippen molar-refractivity contribution in [1.29, 1.82) is 0 Å². The summed E-state index contributed by atoms with van der Waals surface area (Å²) >= 11 is 0. The minimum absolute atomic E-state index is 0.226. The van der Waals surface area contributed by atoms with Crippen molar-refractivity contribution in [3.63, 3.8) is 0 Å². The largest absolute Gasteiger partial charge is 0.480 e. The molecule has 0 radical (unpaired) electrons. The maximum atomic E-state index is 11.6. The average molecular weight is 237 g/mol. The van der Waals surface area contributed by atoms with Crippen molar-refractivity contribution in [3.8, 4) is 0 Å². The highest BCUT2D eigenvalue weighted by Gasteiger charge is 2.51. The second kappa shape index (κ2) is 4.49. The van der Waals surface area contributed by atoms with Crippen LogP contribution >= 0.6 is 0 Å². The predicted octanol–water partition coefficient (Wildman–Crippen LogP) is 1.03. The molecule has 94 valence electrons. The van der Waals surface area contributed by atoms with Crippen LogP contribution in [0.15, 0.2) is 12.4 Å². The molecule has 0 saturated heterocycles. The van der Waals surface area contributed by atoms with E-state index < -0.39 is 11.5 Å². The van der Waals surface area contributed by atoms with Crippen molar-refractivity contribution in [2.45, 2.75) is 38.8 Å². The Morgan fingerprint density at radius 1 is 1.71 bits per heavy atom. The quantitative estimate of drug-likeness (QED) is 0.775. The normalized spacial score (nSPS) is 18.9. The van der Waals surface area contributed by atoms with E-state index >= 15 is 0 Å². The summed E-state index contributed by atoms with van der Waals surface area (Å²) in [5.41, 5.74) is 0.198. The first kappa shape index (κ1) is 12.1. The van der Waals surface area contributed by atoms with Gasteiger partial charge >= 0.3 is 5.97 Å². The summed E-state index contributed by atoms with van der Waals surface area (Å²) in [4.78, 5) is 11.6. The summed E-state index contributed by atoms with van der Waals surface area (Å²) < 4.78 is 1.73. The minimum atomic E-state index is -0.854. The van der Waals surface area contributed by atoms with Gasteiger partial charge in [-0.25, -0.2) is 0 Å². The van der Waals surface area contributed by atoms with Crippen LogP contribution in [0.4, 0.5) is 0 Å². The molecule has 5 heteroatoms. The standard InChI is InChI=1S/C12H19N3O2/c1-3-13-12(11(16)17,10-4-5-10)8-15-7-9(2)6-14-15/h6-7,10,13H,3-5,8H2,1-2H3,(H,16,17). The third kappa shape index (κ3) is 2.34. The van der Waals surface area contributed by atoms with Crippen LogP contribution in [0.3, 0.4) is 0 Å². The summed E-state index contributed by atoms with van der Waals surface area (Å²) in [5, 5.41) is 16.9. The molecule has 1 unspecified atom stereocenters. The maximum Gasteiger partial charge on any atom is 0.326 e. The zero-order chi connectivity index (χ0) is 12.5. The highest BCUT2D eigenvalue weighted by Crippen LogP contribution is 2.40. The van der Waals surface area contributed by atoms with Gasteiger partial charge in [-0.1, -0.05) is 6.92 Å². The Bertz CT molecular complexity index is 412. The van der Waals surface area contributed by atoms with Crippen LogP contribution in [0, 0.1) is 12.8 Å². The van der Waals surface area contributed by atoms with E-state index in [-0.39, 0.29) is 5.92 Å². The number of likely N-dealkylation sites (N-methyl/N-ethyl adjacent to an activating group) is 1. The van der Waals surface area contributed by atoms with Gasteiger partial charge in [-0.3, -0.25) is 9.48 Å². The van der Waals surface area contributed by atoms with Crippen molar-refractivity contribution in [2.75, 3.05) is 6.54 Å². The number of hydrogen-bond donors (Lipinski definition) is 2. The monoisotopic (exact) mass is 237 g/mol. The second-order valence-electron chi connectivity index (χ2n) is 4.80. The second-order valence-corrected chi connectivity index (χ2v) is 4.80. The molecule has 17 heavy (non-hydrogen) atoms. The van der Waals surface area contributed by atoms with E-state index in [1.165, 1.54) is 0 Å². The van der Waals surface area contributed by atoms with E-state index in [9.17, 15) is 9.90 Å². The molecule has 0 aromatic carbocycles. The van der Waals surface area contributed by atoms with Gasteiger partial charge in [-0.15, -0.1) is 0 Å². The first-order valence-electron chi connectivity index (χ1n) is 6.06. The molecular weight excluding hydrogens is 218 g/mol. The van der Waals surface area contributed by atoms with Crippen LogP contribution in [0.2, 0.25) is 0 Å². The number of aromatic nitrogens is 2. The van der Waals surface area contributed by atoms with Crippen molar-refractivity contribution < 1.29 is 9.90 Å². The van der Waals surface area contributed by atoms with Gasteiger partial charge in [0.1, 0.15) is 5.54 Å². The van der Waals surface area contributed by atoms with Gasteiger partial charge in [0.25, 0.3) is 0 Å².